The lowest BCUT2D eigenvalue weighted by Gasteiger charge is -2.26. The highest BCUT2D eigenvalue weighted by Gasteiger charge is 2.22. The Morgan fingerprint density at radius 2 is 1.89 bits per heavy atom. The number of aromatic nitrogens is 4. The van der Waals surface area contributed by atoms with Crippen LogP contribution in [0.4, 0.5) is 0 Å². The number of nitrogens with zero attached hydrogens (tertiary/aromatic N) is 4. The van der Waals surface area contributed by atoms with Crippen LogP contribution in [0.3, 0.4) is 0 Å². The number of carbonyl (C=O) groups excluding carboxylic acids is 1. The van der Waals surface area contributed by atoms with E-state index in [4.69, 9.17) is 0 Å². The van der Waals surface area contributed by atoms with Crippen molar-refractivity contribution in [2.45, 2.75) is 51.7 Å². The van der Waals surface area contributed by atoms with Gasteiger partial charge in [0.15, 0.2) is 0 Å². The van der Waals surface area contributed by atoms with E-state index in [0.717, 1.165) is 42.3 Å². The Kier molecular flexibility index (Phi) is 4.61. The fraction of sp³-hybridized carbons (Fsp3) is 0.400. The van der Waals surface area contributed by atoms with Crippen molar-refractivity contribution in [3.8, 4) is 5.95 Å². The van der Waals surface area contributed by atoms with E-state index < -0.39 is 0 Å². The number of carbonyl (C=O) groups is 1. The van der Waals surface area contributed by atoms with Crippen molar-refractivity contribution in [2.75, 3.05) is 0 Å². The third kappa shape index (κ3) is 3.42. The number of nitrogens with one attached hydrogen (secondary N) is 1. The molecular weight excluding hydrogens is 342 g/mol. The van der Waals surface area contributed by atoms with Crippen LogP contribution in [0, 0.1) is 13.8 Å². The molecule has 1 saturated carbocycles. The minimum Gasteiger partial charge on any atom is -0.393 e. The Morgan fingerprint density at radius 1 is 1.15 bits per heavy atom. The maximum absolute atomic E-state index is 12.6. The lowest BCUT2D eigenvalue weighted by molar-refractivity contribution is 0.0866. The summed E-state index contributed by atoms with van der Waals surface area (Å²) in [6.07, 6.45) is 4.37. The van der Waals surface area contributed by atoms with E-state index in [9.17, 15) is 9.90 Å². The van der Waals surface area contributed by atoms with E-state index in [-0.39, 0.29) is 18.1 Å². The number of hydrogen-bond donors (Lipinski definition) is 2. The topological polar surface area (TPSA) is 92.9 Å². The van der Waals surface area contributed by atoms with Crippen LogP contribution in [0.1, 0.15) is 47.4 Å². The minimum absolute atomic E-state index is 0.0951. The first kappa shape index (κ1) is 17.6. The standard InChI is InChI=1S/C20H23N5O2/c1-12-17(19(27)23-14-7-9-15(26)10-8-14)11-21-20(22-12)25-18-6-4-3-5-16(18)13(2)24-25/h3-6,11,14-15,26H,7-10H2,1-2H3,(H,23,27). The molecule has 4 rings (SSSR count). The highest BCUT2D eigenvalue weighted by molar-refractivity contribution is 5.95. The van der Waals surface area contributed by atoms with Gasteiger partial charge in [0.05, 0.1) is 28.6 Å². The van der Waals surface area contributed by atoms with Crippen molar-refractivity contribution in [1.82, 2.24) is 25.1 Å². The van der Waals surface area contributed by atoms with Gasteiger partial charge in [-0.15, -0.1) is 0 Å². The second-order valence-corrected chi connectivity index (χ2v) is 7.16. The Balaban J connectivity index is 1.58. The van der Waals surface area contributed by atoms with Crippen LogP contribution in [0.25, 0.3) is 16.9 Å². The van der Waals surface area contributed by atoms with Gasteiger partial charge in [0.25, 0.3) is 11.9 Å². The molecule has 0 aliphatic heterocycles. The summed E-state index contributed by atoms with van der Waals surface area (Å²) >= 11 is 0. The molecule has 2 heterocycles. The summed E-state index contributed by atoms with van der Waals surface area (Å²) < 4.78 is 1.71. The molecule has 7 nitrogen and oxygen atoms in total. The molecule has 0 unspecified atom stereocenters. The second kappa shape index (κ2) is 7.08. The van der Waals surface area contributed by atoms with E-state index in [1.807, 2.05) is 38.1 Å². The maximum atomic E-state index is 12.6. The number of aliphatic hydroxyl groups excluding tert-OH is 1. The Morgan fingerprint density at radius 3 is 2.63 bits per heavy atom. The quantitative estimate of drug-likeness (QED) is 0.744. The minimum atomic E-state index is -0.241. The number of para-hydroxylation sites is 1. The Labute approximate surface area is 157 Å². The van der Waals surface area contributed by atoms with Gasteiger partial charge in [-0.25, -0.2) is 9.97 Å². The molecule has 140 valence electrons. The molecule has 1 aliphatic carbocycles. The fourth-order valence-corrected chi connectivity index (χ4v) is 3.64. The molecule has 1 aliphatic rings. The van der Waals surface area contributed by atoms with Crippen LogP contribution in [-0.4, -0.2) is 42.9 Å². The summed E-state index contributed by atoms with van der Waals surface area (Å²) in [5.74, 6) is 0.288. The van der Waals surface area contributed by atoms with Crippen molar-refractivity contribution < 1.29 is 9.90 Å². The maximum Gasteiger partial charge on any atom is 0.254 e. The van der Waals surface area contributed by atoms with Gasteiger partial charge in [0.1, 0.15) is 0 Å². The van der Waals surface area contributed by atoms with Crippen molar-refractivity contribution in [1.29, 1.82) is 0 Å². The summed E-state index contributed by atoms with van der Waals surface area (Å²) in [6.45, 7) is 3.76. The number of rotatable bonds is 3. The van der Waals surface area contributed by atoms with Gasteiger partial charge in [-0.2, -0.15) is 9.78 Å². The summed E-state index contributed by atoms with van der Waals surface area (Å²) in [6, 6.07) is 8.02. The number of benzene rings is 1. The smallest absolute Gasteiger partial charge is 0.254 e. The SMILES string of the molecule is Cc1nc(-n2nc(C)c3ccccc32)ncc1C(=O)NC1CCC(O)CC1. The summed E-state index contributed by atoms with van der Waals surface area (Å²) in [5, 5.41) is 18.2. The molecule has 0 atom stereocenters. The van der Waals surface area contributed by atoms with Crippen molar-refractivity contribution in [3.63, 3.8) is 0 Å². The first-order valence-electron chi connectivity index (χ1n) is 9.30. The first-order chi connectivity index (χ1) is 13.0. The van der Waals surface area contributed by atoms with E-state index in [1.54, 1.807) is 10.9 Å². The van der Waals surface area contributed by atoms with Gasteiger partial charge in [0.2, 0.25) is 0 Å². The zero-order chi connectivity index (χ0) is 19.0. The first-order valence-corrected chi connectivity index (χ1v) is 9.30. The van der Waals surface area contributed by atoms with E-state index in [0.29, 0.717) is 17.2 Å². The lowest BCUT2D eigenvalue weighted by Crippen LogP contribution is -2.39. The van der Waals surface area contributed by atoms with Gasteiger partial charge in [0, 0.05) is 17.6 Å². The van der Waals surface area contributed by atoms with Gasteiger partial charge in [-0.1, -0.05) is 18.2 Å². The molecule has 0 radical (unpaired) electrons. The Bertz CT molecular complexity index is 989. The van der Waals surface area contributed by atoms with Gasteiger partial charge in [-0.3, -0.25) is 4.79 Å². The average Bonchev–Trinajstić information content (AvgIpc) is 3.00. The molecule has 0 bridgehead atoms. The molecule has 27 heavy (non-hydrogen) atoms. The second-order valence-electron chi connectivity index (χ2n) is 7.16. The molecule has 7 heteroatoms. The third-order valence-electron chi connectivity index (χ3n) is 5.20. The van der Waals surface area contributed by atoms with Crippen LogP contribution >= 0.6 is 0 Å². The molecule has 0 saturated heterocycles. The zero-order valence-electron chi connectivity index (χ0n) is 15.5. The van der Waals surface area contributed by atoms with Crippen LogP contribution in [0.15, 0.2) is 30.5 Å². The number of aryl methyl sites for hydroxylation is 2. The van der Waals surface area contributed by atoms with E-state index in [1.165, 1.54) is 0 Å². The molecule has 2 aromatic heterocycles. The molecule has 2 N–H and O–H groups in total. The molecule has 1 fully saturated rings. The molecular formula is C20H23N5O2. The van der Waals surface area contributed by atoms with Gasteiger partial charge < -0.3 is 10.4 Å². The average molecular weight is 365 g/mol. The zero-order valence-corrected chi connectivity index (χ0v) is 15.5. The predicted octanol–water partition coefficient (Wildman–Crippen LogP) is 2.47. The van der Waals surface area contributed by atoms with Crippen LogP contribution in [0.5, 0.6) is 0 Å². The number of hydrogen-bond acceptors (Lipinski definition) is 5. The Hall–Kier alpha value is -2.80. The lowest BCUT2D eigenvalue weighted by atomic mass is 9.93. The summed E-state index contributed by atoms with van der Waals surface area (Å²) in [7, 11) is 0. The van der Waals surface area contributed by atoms with Crippen LogP contribution in [0.2, 0.25) is 0 Å². The normalized spacial score (nSPS) is 20.0. The largest absolute Gasteiger partial charge is 0.393 e. The number of fused-ring (bicyclic) bond motifs is 1. The van der Waals surface area contributed by atoms with Gasteiger partial charge in [-0.05, 0) is 45.6 Å². The van der Waals surface area contributed by atoms with Gasteiger partial charge >= 0.3 is 0 Å². The van der Waals surface area contributed by atoms with Crippen molar-refractivity contribution in [3.05, 3.63) is 47.4 Å². The highest BCUT2D eigenvalue weighted by Crippen LogP contribution is 2.21. The van der Waals surface area contributed by atoms with Crippen LogP contribution < -0.4 is 5.32 Å². The third-order valence-corrected chi connectivity index (χ3v) is 5.20. The molecule has 3 aromatic rings. The summed E-state index contributed by atoms with van der Waals surface area (Å²) in [4.78, 5) is 21.5. The van der Waals surface area contributed by atoms with E-state index in [2.05, 4.69) is 20.4 Å². The predicted molar refractivity (Wildman–Crippen MR) is 102 cm³/mol. The monoisotopic (exact) mass is 365 g/mol. The van der Waals surface area contributed by atoms with Crippen molar-refractivity contribution >= 4 is 16.8 Å². The fourth-order valence-electron chi connectivity index (χ4n) is 3.64. The summed E-state index contributed by atoms with van der Waals surface area (Å²) in [5.41, 5.74) is 2.93. The number of amides is 1. The molecule has 0 spiro atoms. The molecule has 1 aromatic carbocycles. The number of aliphatic hydroxyl groups is 1. The van der Waals surface area contributed by atoms with Crippen LogP contribution in [-0.2, 0) is 0 Å². The van der Waals surface area contributed by atoms with E-state index >= 15 is 0 Å². The highest BCUT2D eigenvalue weighted by atomic mass is 16.3. The van der Waals surface area contributed by atoms with Crippen molar-refractivity contribution in [2.24, 2.45) is 0 Å². The molecule has 1 amide bonds.